The van der Waals surface area contributed by atoms with Gasteiger partial charge in [-0.05, 0) is 18.1 Å². The van der Waals surface area contributed by atoms with E-state index in [0.717, 1.165) is 4.90 Å². The van der Waals surface area contributed by atoms with Crippen molar-refractivity contribution < 1.29 is 92.4 Å². The third-order valence-corrected chi connectivity index (χ3v) is 4.81. The Morgan fingerprint density at radius 3 is 2.34 bits per heavy atom. The molecule has 0 fully saturated rings. The number of imidazole rings is 1. The van der Waals surface area contributed by atoms with Crippen molar-refractivity contribution >= 4 is 11.9 Å². The summed E-state index contributed by atoms with van der Waals surface area (Å²) >= 11 is 0. The fraction of sp³-hybridized carbons (Fsp3) is 0.389. The van der Waals surface area contributed by atoms with Gasteiger partial charge in [-0.15, -0.1) is 0 Å². The van der Waals surface area contributed by atoms with Gasteiger partial charge >= 0.3 is 57.6 Å². The minimum atomic E-state index is -4.90. The van der Waals surface area contributed by atoms with Crippen LogP contribution in [0, 0.1) is 17.5 Å². The molecule has 7 nitrogen and oxygen atoms in total. The van der Waals surface area contributed by atoms with Gasteiger partial charge in [-0.1, -0.05) is 0 Å². The average Bonchev–Trinajstić information content (AvgIpc) is 3.05. The van der Waals surface area contributed by atoms with E-state index in [1.807, 2.05) is 0 Å². The predicted molar refractivity (Wildman–Crippen MR) is 89.6 cm³/mol. The molecule has 0 aliphatic carbocycles. The normalized spacial score (nSPS) is 14.5. The first kappa shape index (κ1) is 26.8. The average molecular weight is 488 g/mol. The maximum atomic E-state index is 13.7. The van der Waals surface area contributed by atoms with Crippen molar-refractivity contribution in [3.05, 3.63) is 52.4 Å². The van der Waals surface area contributed by atoms with Crippen LogP contribution < -0.4 is 62.2 Å². The van der Waals surface area contributed by atoms with Crippen molar-refractivity contribution in [2.75, 3.05) is 6.54 Å². The Balaban J connectivity index is 0.00000363. The number of hydrogen-bond donors (Lipinski definition) is 1. The van der Waals surface area contributed by atoms with Crippen molar-refractivity contribution in [1.82, 2.24) is 14.5 Å². The smallest absolute Gasteiger partial charge is 0.543 e. The summed E-state index contributed by atoms with van der Waals surface area (Å²) in [4.78, 5) is 27.9. The van der Waals surface area contributed by atoms with Gasteiger partial charge in [-0.25, -0.2) is 18.2 Å². The fourth-order valence-electron chi connectivity index (χ4n) is 3.39. The maximum Gasteiger partial charge on any atom is 1.00 e. The number of nitrogens with zero attached hydrogens (tertiary/aromatic N) is 3. The molecule has 1 aliphatic heterocycles. The number of carboxylic acids is 1. The molecule has 0 radical (unpaired) electrons. The van der Waals surface area contributed by atoms with Gasteiger partial charge in [0, 0.05) is 31.6 Å². The fourth-order valence-corrected chi connectivity index (χ4v) is 3.39. The van der Waals surface area contributed by atoms with Crippen LogP contribution in [-0.4, -0.2) is 38.9 Å². The van der Waals surface area contributed by atoms with Gasteiger partial charge in [0.2, 0.25) is 11.7 Å². The van der Waals surface area contributed by atoms with E-state index >= 15 is 0 Å². The molecular formula is C18H15F6KN4O3. The molecule has 0 saturated carbocycles. The zero-order valence-corrected chi connectivity index (χ0v) is 19.8. The summed E-state index contributed by atoms with van der Waals surface area (Å²) in [5.74, 6) is -7.66. The predicted octanol–water partition coefficient (Wildman–Crippen LogP) is -2.01. The number of carbonyl (C=O) groups is 2. The summed E-state index contributed by atoms with van der Waals surface area (Å²) in [6.07, 6.45) is -5.59. The molecule has 1 aliphatic rings. The number of halogens is 6. The number of aromatic carboxylic acids is 1. The molecule has 0 bridgehead atoms. The van der Waals surface area contributed by atoms with Crippen LogP contribution in [0.5, 0.6) is 0 Å². The number of fused-ring (bicyclic) bond motifs is 1. The van der Waals surface area contributed by atoms with E-state index < -0.39 is 59.6 Å². The molecule has 0 unspecified atom stereocenters. The number of alkyl halides is 3. The number of carbonyl (C=O) groups excluding carboxylic acids is 2. The number of rotatable bonds is 5. The van der Waals surface area contributed by atoms with E-state index in [1.165, 1.54) is 0 Å². The van der Waals surface area contributed by atoms with Crippen LogP contribution in [0.2, 0.25) is 0 Å². The Morgan fingerprint density at radius 1 is 1.12 bits per heavy atom. The van der Waals surface area contributed by atoms with Gasteiger partial charge in [-0.3, -0.25) is 4.79 Å². The first-order chi connectivity index (χ1) is 14.4. The Bertz CT molecular complexity index is 1040. The molecule has 2 heterocycles. The minimum Gasteiger partial charge on any atom is -0.543 e. The third kappa shape index (κ3) is 5.72. The molecule has 2 aromatic rings. The van der Waals surface area contributed by atoms with Crippen LogP contribution in [0.1, 0.15) is 34.0 Å². The van der Waals surface area contributed by atoms with Crippen LogP contribution in [0.15, 0.2) is 12.1 Å². The number of nitrogens with two attached hydrogens (primary N) is 1. The Hall–Kier alpha value is -1.45. The van der Waals surface area contributed by atoms with Crippen molar-refractivity contribution in [3.8, 4) is 0 Å². The summed E-state index contributed by atoms with van der Waals surface area (Å²) in [7, 11) is 0. The molecule has 14 heteroatoms. The third-order valence-electron chi connectivity index (χ3n) is 4.81. The molecule has 1 aromatic carbocycles. The summed E-state index contributed by atoms with van der Waals surface area (Å²) in [6.45, 7) is -1.01. The van der Waals surface area contributed by atoms with E-state index in [9.17, 15) is 41.0 Å². The van der Waals surface area contributed by atoms with E-state index in [2.05, 4.69) is 4.98 Å². The van der Waals surface area contributed by atoms with Gasteiger partial charge < -0.3 is 25.1 Å². The summed E-state index contributed by atoms with van der Waals surface area (Å²) in [5, 5.41) is 11.2. The maximum absolute atomic E-state index is 13.7. The monoisotopic (exact) mass is 488 g/mol. The SMILES string of the molecule is N[C@@H](CC(=O)N1CCn2c(C(F)(F)F)nc(C(=O)[O-])c2C1)Cc1cc(F)c(F)cc1F.[K+]. The summed E-state index contributed by atoms with van der Waals surface area (Å²) in [5.41, 5.74) is 4.30. The number of hydrogen-bond acceptors (Lipinski definition) is 5. The number of carboxylic acid groups (broad SMARTS) is 1. The second-order valence-corrected chi connectivity index (χ2v) is 7.01. The molecule has 1 amide bonds. The molecule has 1 atom stereocenters. The standard InChI is InChI=1S/C18H16F6N4O3.K/c19-10-6-12(21)11(20)4-8(10)3-9(25)5-14(29)27-1-2-28-13(7-27)15(16(30)31)26-17(28)18(22,23)24;/h4,6,9H,1-3,5,7,25H2,(H,30,31);/q;+1/p-1/t9-;/m1./s1. The summed E-state index contributed by atoms with van der Waals surface area (Å²) < 4.78 is 80.0. The van der Waals surface area contributed by atoms with Crippen LogP contribution in [0.3, 0.4) is 0 Å². The minimum absolute atomic E-state index is 0. The number of aromatic nitrogens is 2. The van der Waals surface area contributed by atoms with Crippen LogP contribution in [-0.2, 0) is 30.5 Å². The quantitative estimate of drug-likeness (QED) is 0.298. The molecule has 1 aromatic heterocycles. The molecule has 32 heavy (non-hydrogen) atoms. The first-order valence-corrected chi connectivity index (χ1v) is 8.93. The number of amides is 1. The number of benzene rings is 1. The van der Waals surface area contributed by atoms with Gasteiger partial charge in [-0.2, -0.15) is 13.2 Å². The molecule has 3 rings (SSSR count). The van der Waals surface area contributed by atoms with Crippen molar-refractivity contribution in [2.24, 2.45) is 5.73 Å². The second-order valence-electron chi connectivity index (χ2n) is 7.01. The topological polar surface area (TPSA) is 104 Å². The van der Waals surface area contributed by atoms with Crippen molar-refractivity contribution in [3.63, 3.8) is 0 Å². The van der Waals surface area contributed by atoms with Crippen LogP contribution >= 0.6 is 0 Å². The first-order valence-electron chi connectivity index (χ1n) is 8.93. The van der Waals surface area contributed by atoms with E-state index in [4.69, 9.17) is 5.73 Å². The van der Waals surface area contributed by atoms with Crippen molar-refractivity contribution in [2.45, 2.75) is 38.1 Å². The van der Waals surface area contributed by atoms with Crippen LogP contribution in [0.4, 0.5) is 26.3 Å². The van der Waals surface area contributed by atoms with Gasteiger partial charge in [0.1, 0.15) is 11.5 Å². The Morgan fingerprint density at radius 2 is 1.75 bits per heavy atom. The zero-order chi connectivity index (χ0) is 23.1. The molecule has 2 N–H and O–H groups in total. The van der Waals surface area contributed by atoms with Crippen molar-refractivity contribution in [1.29, 1.82) is 0 Å². The van der Waals surface area contributed by atoms with Gasteiger partial charge in [0.15, 0.2) is 11.6 Å². The molecule has 0 saturated heterocycles. The van der Waals surface area contributed by atoms with Gasteiger partial charge in [0.25, 0.3) is 0 Å². The zero-order valence-electron chi connectivity index (χ0n) is 16.7. The van der Waals surface area contributed by atoms with Crippen LogP contribution in [0.25, 0.3) is 0 Å². The van der Waals surface area contributed by atoms with E-state index in [-0.39, 0.29) is 88.6 Å². The Labute approximate surface area is 220 Å². The van der Waals surface area contributed by atoms with E-state index in [1.54, 1.807) is 0 Å². The summed E-state index contributed by atoms with van der Waals surface area (Å²) in [6, 6.07) is -0.0331. The second kappa shape index (κ2) is 10.2. The van der Waals surface area contributed by atoms with E-state index in [0.29, 0.717) is 16.7 Å². The largest absolute Gasteiger partial charge is 1.00 e. The Kier molecular flexibility index (Phi) is 8.55. The molecule has 168 valence electrons. The molecular weight excluding hydrogens is 473 g/mol. The molecule has 0 spiro atoms. The van der Waals surface area contributed by atoms with Gasteiger partial charge in [0.05, 0.1) is 18.2 Å².